The van der Waals surface area contributed by atoms with E-state index in [-0.39, 0.29) is 22.5 Å². The molecule has 122 valence electrons. The second-order valence-electron chi connectivity index (χ2n) is 5.94. The first-order valence-electron chi connectivity index (χ1n) is 7.86. The van der Waals surface area contributed by atoms with Gasteiger partial charge in [0.1, 0.15) is 0 Å². The van der Waals surface area contributed by atoms with E-state index < -0.39 is 0 Å². The van der Waals surface area contributed by atoms with Gasteiger partial charge < -0.3 is 5.32 Å². The van der Waals surface area contributed by atoms with Gasteiger partial charge in [-0.15, -0.1) is 0 Å². The first-order chi connectivity index (χ1) is 10.00. The van der Waals surface area contributed by atoms with Gasteiger partial charge in [0.25, 0.3) is 0 Å². The van der Waals surface area contributed by atoms with E-state index in [1.165, 1.54) is 16.8 Å². The summed E-state index contributed by atoms with van der Waals surface area (Å²) >= 11 is 1.21. The lowest BCUT2D eigenvalue weighted by Crippen LogP contribution is -2.39. The lowest BCUT2D eigenvalue weighted by atomic mass is 9.89. The van der Waals surface area contributed by atoms with E-state index in [1.54, 1.807) is 0 Å². The summed E-state index contributed by atoms with van der Waals surface area (Å²) in [7, 11) is 1.95. The maximum Gasteiger partial charge on any atom is 0.234 e. The Morgan fingerprint density at radius 1 is 1.33 bits per heavy atom. The van der Waals surface area contributed by atoms with Crippen LogP contribution in [-0.4, -0.2) is 41.6 Å². The van der Waals surface area contributed by atoms with Crippen molar-refractivity contribution < 1.29 is 9.59 Å². The number of likely N-dealkylation sites (tertiary alicyclic amines) is 1. The molecule has 0 aromatic heterocycles. The smallest absolute Gasteiger partial charge is 0.234 e. The summed E-state index contributed by atoms with van der Waals surface area (Å²) in [5, 5.41) is 8.86. The second-order valence-corrected chi connectivity index (χ2v) is 7.11. The van der Waals surface area contributed by atoms with Crippen LogP contribution >= 0.6 is 11.9 Å². The third-order valence-electron chi connectivity index (χ3n) is 4.51. The third kappa shape index (κ3) is 4.69. The average molecular weight is 315 g/mol. The number of amides is 2. The second kappa shape index (κ2) is 8.76. The normalized spacial score (nSPS) is 21.9. The fraction of sp³-hybridized carbons (Fsp3) is 0.867. The minimum Gasteiger partial charge on any atom is -0.320 e. The van der Waals surface area contributed by atoms with E-state index in [4.69, 9.17) is 5.14 Å². The topological polar surface area (TPSA) is 75.4 Å². The number of rotatable bonds is 10. The molecule has 2 unspecified atom stereocenters. The number of imide groups is 1. The van der Waals surface area contributed by atoms with E-state index in [1.807, 2.05) is 20.9 Å². The summed E-state index contributed by atoms with van der Waals surface area (Å²) in [5.74, 6) is -0.333. The fourth-order valence-electron chi connectivity index (χ4n) is 2.73. The molecule has 1 aliphatic heterocycles. The predicted molar refractivity (Wildman–Crippen MR) is 87.7 cm³/mol. The Labute approximate surface area is 132 Å². The molecule has 5 nitrogen and oxygen atoms in total. The van der Waals surface area contributed by atoms with E-state index in [0.29, 0.717) is 13.0 Å². The van der Waals surface area contributed by atoms with Gasteiger partial charge in [-0.2, -0.15) is 0 Å². The number of hydrogen-bond donors (Lipinski definition) is 2. The van der Waals surface area contributed by atoms with Crippen molar-refractivity contribution in [2.24, 2.45) is 11.1 Å². The molecule has 1 saturated heterocycles. The monoisotopic (exact) mass is 315 g/mol. The molecule has 3 N–H and O–H groups in total. The van der Waals surface area contributed by atoms with Gasteiger partial charge in [0.05, 0.1) is 5.92 Å². The molecule has 0 bridgehead atoms. The molecular weight excluding hydrogens is 286 g/mol. The summed E-state index contributed by atoms with van der Waals surface area (Å²) in [4.78, 5) is 26.0. The Bertz CT molecular complexity index is 359. The first kappa shape index (κ1) is 18.5. The van der Waals surface area contributed by atoms with Crippen molar-refractivity contribution in [3.05, 3.63) is 0 Å². The minimum absolute atomic E-state index is 0.0301. The SMILES string of the molecule is CCC(C)(SN)C1CC(=O)N(CCCCCCNC)C1=O. The summed E-state index contributed by atoms with van der Waals surface area (Å²) < 4.78 is -0.339. The summed E-state index contributed by atoms with van der Waals surface area (Å²) in [6.45, 7) is 5.58. The van der Waals surface area contributed by atoms with E-state index >= 15 is 0 Å². The number of nitrogens with two attached hydrogens (primary N) is 1. The molecule has 1 aliphatic rings. The maximum atomic E-state index is 12.5. The number of unbranched alkanes of at least 4 members (excludes halogenated alkanes) is 3. The average Bonchev–Trinajstić information content (AvgIpc) is 2.78. The molecule has 1 heterocycles. The first-order valence-corrected chi connectivity index (χ1v) is 8.74. The number of nitrogens with zero attached hydrogens (tertiary/aromatic N) is 1. The summed E-state index contributed by atoms with van der Waals surface area (Å²) in [6.07, 6.45) is 5.32. The van der Waals surface area contributed by atoms with Crippen LogP contribution in [0, 0.1) is 5.92 Å². The predicted octanol–water partition coefficient (Wildman–Crippen LogP) is 1.92. The van der Waals surface area contributed by atoms with Crippen molar-refractivity contribution in [1.82, 2.24) is 10.2 Å². The summed E-state index contributed by atoms with van der Waals surface area (Å²) in [6, 6.07) is 0. The van der Waals surface area contributed by atoms with Gasteiger partial charge in [0.2, 0.25) is 11.8 Å². The lowest BCUT2D eigenvalue weighted by Gasteiger charge is -2.30. The van der Waals surface area contributed by atoms with Gasteiger partial charge in [-0.3, -0.25) is 19.6 Å². The maximum absolute atomic E-state index is 12.5. The van der Waals surface area contributed by atoms with Crippen LogP contribution in [0.1, 0.15) is 52.4 Å². The molecule has 0 aliphatic carbocycles. The van der Waals surface area contributed by atoms with Crippen molar-refractivity contribution in [1.29, 1.82) is 0 Å². The number of carbonyl (C=O) groups is 2. The van der Waals surface area contributed by atoms with Gasteiger partial charge in [0, 0.05) is 17.7 Å². The van der Waals surface area contributed by atoms with E-state index in [0.717, 1.165) is 38.6 Å². The molecule has 0 aromatic rings. The molecular formula is C15H29N3O2S. The highest BCUT2D eigenvalue weighted by Gasteiger charge is 2.47. The highest BCUT2D eigenvalue weighted by atomic mass is 32.2. The minimum atomic E-state index is -0.339. The Kier molecular flexibility index (Phi) is 7.70. The zero-order valence-electron chi connectivity index (χ0n) is 13.5. The molecule has 2 atom stereocenters. The molecule has 0 aromatic carbocycles. The molecule has 0 radical (unpaired) electrons. The van der Waals surface area contributed by atoms with Gasteiger partial charge in [-0.25, -0.2) is 0 Å². The third-order valence-corrected chi connectivity index (χ3v) is 5.62. The zero-order chi connectivity index (χ0) is 15.9. The zero-order valence-corrected chi connectivity index (χ0v) is 14.3. The molecule has 21 heavy (non-hydrogen) atoms. The van der Waals surface area contributed by atoms with Crippen LogP contribution in [0.15, 0.2) is 0 Å². The van der Waals surface area contributed by atoms with Crippen molar-refractivity contribution in [3.63, 3.8) is 0 Å². The quantitative estimate of drug-likeness (QED) is 0.366. The molecule has 0 saturated carbocycles. The Balaban J connectivity index is 2.46. The van der Waals surface area contributed by atoms with Crippen LogP contribution in [0.4, 0.5) is 0 Å². The largest absolute Gasteiger partial charge is 0.320 e. The van der Waals surface area contributed by atoms with Crippen LogP contribution in [-0.2, 0) is 9.59 Å². The molecule has 2 amide bonds. The van der Waals surface area contributed by atoms with Crippen molar-refractivity contribution in [2.45, 2.75) is 57.1 Å². The lowest BCUT2D eigenvalue weighted by molar-refractivity contribution is -0.139. The molecule has 1 fully saturated rings. The van der Waals surface area contributed by atoms with Crippen LogP contribution in [0.25, 0.3) is 0 Å². The van der Waals surface area contributed by atoms with Gasteiger partial charge >= 0.3 is 0 Å². The van der Waals surface area contributed by atoms with Crippen LogP contribution in [0.5, 0.6) is 0 Å². The van der Waals surface area contributed by atoms with E-state index in [2.05, 4.69) is 5.32 Å². The van der Waals surface area contributed by atoms with Crippen molar-refractivity contribution >= 4 is 23.8 Å². The summed E-state index contributed by atoms with van der Waals surface area (Å²) in [5.41, 5.74) is 0. The Hall–Kier alpha value is -0.590. The van der Waals surface area contributed by atoms with Gasteiger partial charge in [-0.05, 0) is 39.8 Å². The standard InChI is InChI=1S/C15H29N3O2S/c1-4-15(2,21-16)12-11-13(19)18(14(12)20)10-8-6-5-7-9-17-3/h12,17H,4-11,16H2,1-3H3. The molecule has 6 heteroatoms. The highest BCUT2D eigenvalue weighted by Crippen LogP contribution is 2.39. The Morgan fingerprint density at radius 2 is 2.00 bits per heavy atom. The van der Waals surface area contributed by atoms with Gasteiger partial charge in [-0.1, -0.05) is 31.7 Å². The van der Waals surface area contributed by atoms with Gasteiger partial charge in [0.15, 0.2) is 0 Å². The molecule has 0 spiro atoms. The van der Waals surface area contributed by atoms with Crippen molar-refractivity contribution in [3.8, 4) is 0 Å². The number of carbonyl (C=O) groups excluding carboxylic acids is 2. The highest BCUT2D eigenvalue weighted by molar-refractivity contribution is 7.98. The van der Waals surface area contributed by atoms with Crippen LogP contribution in [0.2, 0.25) is 0 Å². The van der Waals surface area contributed by atoms with Crippen LogP contribution in [0.3, 0.4) is 0 Å². The van der Waals surface area contributed by atoms with Crippen LogP contribution < -0.4 is 10.5 Å². The fourth-order valence-corrected chi connectivity index (χ4v) is 3.25. The Morgan fingerprint density at radius 3 is 2.57 bits per heavy atom. The number of hydrogen-bond acceptors (Lipinski definition) is 5. The molecule has 1 rings (SSSR count). The van der Waals surface area contributed by atoms with Crippen molar-refractivity contribution in [2.75, 3.05) is 20.1 Å². The number of nitrogens with one attached hydrogen (secondary N) is 1. The van der Waals surface area contributed by atoms with E-state index in [9.17, 15) is 9.59 Å².